The molecule has 2 nitrogen and oxygen atoms in total. The predicted octanol–water partition coefficient (Wildman–Crippen LogP) is 4.48. The molecular weight excluding hydrogens is 266 g/mol. The molecule has 0 unspecified atom stereocenters. The second-order valence-electron chi connectivity index (χ2n) is 6.82. The molecule has 0 aliphatic heterocycles. The maximum Gasteiger partial charge on any atom is 0.0594 e. The molecule has 1 aromatic heterocycles. The minimum atomic E-state index is 0.271. The molecule has 0 atom stereocenters. The lowest BCUT2D eigenvalue weighted by Gasteiger charge is -2.22. The maximum atomic E-state index is 5.92. The minimum absolute atomic E-state index is 0.271. The van der Waals surface area contributed by atoms with E-state index in [9.17, 15) is 0 Å². The van der Waals surface area contributed by atoms with Gasteiger partial charge >= 0.3 is 0 Å². The molecule has 0 bridgehead atoms. The van der Waals surface area contributed by atoms with E-state index in [-0.39, 0.29) is 5.41 Å². The molecule has 1 aliphatic carbocycles. The highest BCUT2D eigenvalue weighted by Gasteiger charge is 2.16. The van der Waals surface area contributed by atoms with Crippen LogP contribution in [0.5, 0.6) is 0 Å². The first-order valence-electron chi connectivity index (χ1n) is 7.97. The Kier molecular flexibility index (Phi) is 6.06. The number of hydrogen-bond donors (Lipinski definition) is 1. The topological polar surface area (TPSA) is 21.3 Å². The Bertz CT molecular complexity index is 388. The number of hydrogen-bond acceptors (Lipinski definition) is 3. The largest absolute Gasteiger partial charge is 0.377 e. The summed E-state index contributed by atoms with van der Waals surface area (Å²) in [6, 6.07) is 4.51. The molecule has 0 radical (unpaired) electrons. The summed E-state index contributed by atoms with van der Waals surface area (Å²) < 4.78 is 5.92. The van der Waals surface area contributed by atoms with Gasteiger partial charge in [0, 0.05) is 22.8 Å². The fourth-order valence-electron chi connectivity index (χ4n) is 2.62. The van der Waals surface area contributed by atoms with Crippen LogP contribution in [-0.4, -0.2) is 19.3 Å². The van der Waals surface area contributed by atoms with Gasteiger partial charge in [0.2, 0.25) is 0 Å². The molecule has 1 fully saturated rings. The third-order valence-electron chi connectivity index (χ3n) is 3.88. The lowest BCUT2D eigenvalue weighted by molar-refractivity contribution is 0.0302. The average Bonchev–Trinajstić information content (AvgIpc) is 2.88. The van der Waals surface area contributed by atoms with Gasteiger partial charge in [-0.15, -0.1) is 11.3 Å². The summed E-state index contributed by atoms with van der Waals surface area (Å²) in [6.45, 7) is 9.59. The van der Waals surface area contributed by atoms with Crippen molar-refractivity contribution in [2.24, 2.45) is 0 Å². The van der Waals surface area contributed by atoms with Gasteiger partial charge in [0.05, 0.1) is 12.7 Å². The molecule has 114 valence electrons. The highest BCUT2D eigenvalue weighted by molar-refractivity contribution is 7.12. The van der Waals surface area contributed by atoms with E-state index >= 15 is 0 Å². The highest BCUT2D eigenvalue weighted by atomic mass is 32.1. The van der Waals surface area contributed by atoms with Gasteiger partial charge in [-0.05, 0) is 30.4 Å². The third-order valence-corrected chi connectivity index (χ3v) is 5.40. The molecule has 0 spiro atoms. The number of ether oxygens (including phenoxy) is 1. The second kappa shape index (κ2) is 7.58. The van der Waals surface area contributed by atoms with Crippen molar-refractivity contribution in [2.75, 3.05) is 13.2 Å². The summed E-state index contributed by atoms with van der Waals surface area (Å²) in [7, 11) is 0. The number of rotatable bonds is 6. The Morgan fingerprint density at radius 3 is 2.60 bits per heavy atom. The molecule has 0 amide bonds. The van der Waals surface area contributed by atoms with Crippen molar-refractivity contribution >= 4 is 11.3 Å². The molecular formula is C17H29NOS. The first-order chi connectivity index (χ1) is 9.55. The zero-order valence-corrected chi connectivity index (χ0v) is 14.0. The summed E-state index contributed by atoms with van der Waals surface area (Å²) in [5, 5.41) is 3.49. The Morgan fingerprint density at radius 2 is 1.95 bits per heavy atom. The summed E-state index contributed by atoms with van der Waals surface area (Å²) in [4.78, 5) is 2.89. The summed E-state index contributed by atoms with van der Waals surface area (Å²) in [5.74, 6) is 0. The molecule has 1 aliphatic rings. The maximum absolute atomic E-state index is 5.92. The normalized spacial score (nSPS) is 17.6. The van der Waals surface area contributed by atoms with Crippen molar-refractivity contribution in [3.8, 4) is 0 Å². The van der Waals surface area contributed by atoms with E-state index in [2.05, 4.69) is 38.2 Å². The zero-order valence-electron chi connectivity index (χ0n) is 13.2. The van der Waals surface area contributed by atoms with Crippen LogP contribution in [0.15, 0.2) is 12.1 Å². The fraction of sp³-hybridized carbons (Fsp3) is 0.765. The Labute approximate surface area is 127 Å². The van der Waals surface area contributed by atoms with Gasteiger partial charge in [0.15, 0.2) is 0 Å². The SMILES string of the molecule is CC(C)(C)c1ccc(CNCCOC2CCCCC2)s1. The van der Waals surface area contributed by atoms with Gasteiger partial charge in [-0.25, -0.2) is 0 Å². The molecule has 1 N–H and O–H groups in total. The number of thiophene rings is 1. The van der Waals surface area contributed by atoms with E-state index in [1.165, 1.54) is 41.9 Å². The van der Waals surface area contributed by atoms with Gasteiger partial charge in [-0.1, -0.05) is 40.0 Å². The van der Waals surface area contributed by atoms with Gasteiger partial charge in [0.1, 0.15) is 0 Å². The summed E-state index contributed by atoms with van der Waals surface area (Å²) in [6.07, 6.45) is 7.15. The molecule has 2 rings (SSSR count). The zero-order chi connectivity index (χ0) is 14.4. The van der Waals surface area contributed by atoms with Crippen LogP contribution in [0.1, 0.15) is 62.6 Å². The van der Waals surface area contributed by atoms with Gasteiger partial charge < -0.3 is 10.1 Å². The lowest BCUT2D eigenvalue weighted by Crippen LogP contribution is -2.24. The van der Waals surface area contributed by atoms with E-state index in [0.29, 0.717) is 6.10 Å². The first kappa shape index (κ1) is 16.0. The predicted molar refractivity (Wildman–Crippen MR) is 87.6 cm³/mol. The third kappa shape index (κ3) is 5.19. The van der Waals surface area contributed by atoms with Crippen molar-refractivity contribution in [2.45, 2.75) is 70.9 Å². The van der Waals surface area contributed by atoms with Crippen molar-refractivity contribution in [1.82, 2.24) is 5.32 Å². The Balaban J connectivity index is 1.60. The summed E-state index contributed by atoms with van der Waals surface area (Å²) in [5.41, 5.74) is 0.271. The molecule has 20 heavy (non-hydrogen) atoms. The second-order valence-corrected chi connectivity index (χ2v) is 7.99. The van der Waals surface area contributed by atoms with Crippen molar-refractivity contribution in [3.05, 3.63) is 21.9 Å². The van der Waals surface area contributed by atoms with Crippen LogP contribution in [0, 0.1) is 0 Å². The van der Waals surface area contributed by atoms with Crippen LogP contribution in [0.25, 0.3) is 0 Å². The van der Waals surface area contributed by atoms with E-state index in [1.54, 1.807) is 0 Å². The molecule has 1 heterocycles. The number of nitrogens with one attached hydrogen (secondary N) is 1. The molecule has 3 heteroatoms. The molecule has 1 aromatic rings. The fourth-order valence-corrected chi connectivity index (χ4v) is 3.65. The van der Waals surface area contributed by atoms with Gasteiger partial charge in [-0.2, -0.15) is 0 Å². The van der Waals surface area contributed by atoms with E-state index in [1.807, 2.05) is 11.3 Å². The van der Waals surface area contributed by atoms with Gasteiger partial charge in [-0.3, -0.25) is 0 Å². The Hall–Kier alpha value is -0.380. The van der Waals surface area contributed by atoms with E-state index < -0.39 is 0 Å². The van der Waals surface area contributed by atoms with Crippen LogP contribution in [0.2, 0.25) is 0 Å². The monoisotopic (exact) mass is 295 g/mol. The minimum Gasteiger partial charge on any atom is -0.377 e. The van der Waals surface area contributed by atoms with Gasteiger partial charge in [0.25, 0.3) is 0 Å². The lowest BCUT2D eigenvalue weighted by atomic mass is 9.95. The Morgan fingerprint density at radius 1 is 1.20 bits per heavy atom. The van der Waals surface area contributed by atoms with Crippen molar-refractivity contribution in [3.63, 3.8) is 0 Å². The van der Waals surface area contributed by atoms with Crippen LogP contribution in [0.4, 0.5) is 0 Å². The van der Waals surface area contributed by atoms with Crippen molar-refractivity contribution in [1.29, 1.82) is 0 Å². The molecule has 1 saturated carbocycles. The van der Waals surface area contributed by atoms with Crippen LogP contribution in [-0.2, 0) is 16.7 Å². The highest BCUT2D eigenvalue weighted by Crippen LogP contribution is 2.29. The van der Waals surface area contributed by atoms with E-state index in [4.69, 9.17) is 4.74 Å². The average molecular weight is 295 g/mol. The standard InChI is InChI=1S/C17H29NOS/c1-17(2,3)16-10-9-15(20-16)13-18-11-12-19-14-7-5-4-6-8-14/h9-10,14,18H,4-8,11-13H2,1-3H3. The quantitative estimate of drug-likeness (QED) is 0.781. The van der Waals surface area contributed by atoms with Crippen LogP contribution in [0.3, 0.4) is 0 Å². The molecule has 0 saturated heterocycles. The summed E-state index contributed by atoms with van der Waals surface area (Å²) >= 11 is 1.92. The van der Waals surface area contributed by atoms with Crippen LogP contribution < -0.4 is 5.32 Å². The van der Waals surface area contributed by atoms with E-state index in [0.717, 1.165) is 19.7 Å². The van der Waals surface area contributed by atoms with Crippen LogP contribution >= 0.6 is 11.3 Å². The molecule has 0 aromatic carbocycles. The van der Waals surface area contributed by atoms with Crippen molar-refractivity contribution < 1.29 is 4.74 Å². The first-order valence-corrected chi connectivity index (χ1v) is 8.79. The smallest absolute Gasteiger partial charge is 0.0594 e.